The molecule has 0 bridgehead atoms. The summed E-state index contributed by atoms with van der Waals surface area (Å²) in [6, 6.07) is 0.569. The van der Waals surface area contributed by atoms with Gasteiger partial charge in [0.2, 0.25) is 0 Å². The number of nitrogens with zero attached hydrogens (tertiary/aromatic N) is 3. The lowest BCUT2D eigenvalue weighted by Gasteiger charge is -2.28. The van der Waals surface area contributed by atoms with Crippen molar-refractivity contribution in [2.45, 2.75) is 58.0 Å². The topological polar surface area (TPSA) is 47.1 Å². The Morgan fingerprint density at radius 2 is 2.11 bits per heavy atom. The molecule has 1 saturated heterocycles. The second kappa shape index (κ2) is 5.25. The zero-order chi connectivity index (χ0) is 14.2. The van der Waals surface area contributed by atoms with E-state index in [0.717, 1.165) is 19.5 Å². The van der Waals surface area contributed by atoms with Crippen LogP contribution in [0.3, 0.4) is 0 Å². The van der Waals surface area contributed by atoms with E-state index in [-0.39, 0.29) is 11.5 Å². The maximum Gasteiger partial charge on any atom is 0.0726 e. The van der Waals surface area contributed by atoms with Gasteiger partial charge in [-0.05, 0) is 19.4 Å². The summed E-state index contributed by atoms with van der Waals surface area (Å²) in [7, 11) is 2.00. The summed E-state index contributed by atoms with van der Waals surface area (Å²) >= 11 is 0. The molecule has 2 heterocycles. The van der Waals surface area contributed by atoms with Gasteiger partial charge in [-0.25, -0.2) is 0 Å². The van der Waals surface area contributed by atoms with Crippen LogP contribution in [0.25, 0.3) is 0 Å². The maximum atomic E-state index is 6.37. The molecule has 1 aliphatic rings. The fourth-order valence-corrected chi connectivity index (χ4v) is 3.15. The van der Waals surface area contributed by atoms with E-state index in [9.17, 15) is 0 Å². The summed E-state index contributed by atoms with van der Waals surface area (Å²) in [5.41, 5.74) is 8.96. The van der Waals surface area contributed by atoms with Crippen LogP contribution in [0.5, 0.6) is 0 Å². The molecule has 2 rings (SSSR count). The highest BCUT2D eigenvalue weighted by Gasteiger charge is 2.37. The summed E-state index contributed by atoms with van der Waals surface area (Å²) in [5, 5.41) is 4.69. The third-order valence-electron chi connectivity index (χ3n) is 3.95. The number of likely N-dealkylation sites (tertiary alicyclic amines) is 1. The van der Waals surface area contributed by atoms with Gasteiger partial charge in [0.1, 0.15) is 0 Å². The summed E-state index contributed by atoms with van der Waals surface area (Å²) in [6.07, 6.45) is 4.43. The first-order chi connectivity index (χ1) is 8.84. The van der Waals surface area contributed by atoms with Crippen LogP contribution in [0.1, 0.15) is 57.8 Å². The average molecular weight is 264 g/mol. The Kier molecular flexibility index (Phi) is 4.02. The summed E-state index contributed by atoms with van der Waals surface area (Å²) in [5.74, 6) is 0. The van der Waals surface area contributed by atoms with E-state index >= 15 is 0 Å². The van der Waals surface area contributed by atoms with Gasteiger partial charge < -0.3 is 5.73 Å². The molecule has 4 nitrogen and oxygen atoms in total. The zero-order valence-electron chi connectivity index (χ0n) is 13.0. The molecule has 0 aliphatic carbocycles. The first kappa shape index (κ1) is 14.5. The van der Waals surface area contributed by atoms with E-state index < -0.39 is 0 Å². The van der Waals surface area contributed by atoms with Crippen molar-refractivity contribution in [3.63, 3.8) is 0 Å². The van der Waals surface area contributed by atoms with Gasteiger partial charge in [0.15, 0.2) is 0 Å². The minimum absolute atomic E-state index is 0.0663. The van der Waals surface area contributed by atoms with Gasteiger partial charge in [0.05, 0.1) is 11.7 Å². The van der Waals surface area contributed by atoms with Crippen molar-refractivity contribution >= 4 is 0 Å². The molecule has 1 aliphatic heterocycles. The van der Waals surface area contributed by atoms with Crippen LogP contribution < -0.4 is 5.73 Å². The van der Waals surface area contributed by atoms with Crippen LogP contribution in [-0.4, -0.2) is 33.8 Å². The molecule has 0 radical (unpaired) electrons. The van der Waals surface area contributed by atoms with Gasteiger partial charge in [-0.2, -0.15) is 5.10 Å². The molecule has 2 unspecified atom stereocenters. The Hall–Kier alpha value is -0.870. The summed E-state index contributed by atoms with van der Waals surface area (Å²) < 4.78 is 1.94. The Balaban J connectivity index is 2.39. The normalized spacial score (nSPS) is 25.2. The molecule has 2 N–H and O–H groups in total. The van der Waals surface area contributed by atoms with E-state index in [4.69, 9.17) is 5.73 Å². The van der Waals surface area contributed by atoms with E-state index in [2.05, 4.69) is 43.9 Å². The highest BCUT2D eigenvalue weighted by molar-refractivity contribution is 5.29. The standard InChI is InChI=1S/C15H28N4/c1-6-8-19-9-7-12(16)13(19)11-10-18(5)17-14(11)15(2,3)4/h10,12-13H,6-9,16H2,1-5H3. The van der Waals surface area contributed by atoms with Gasteiger partial charge in [-0.3, -0.25) is 9.58 Å². The largest absolute Gasteiger partial charge is 0.326 e. The monoisotopic (exact) mass is 264 g/mol. The summed E-state index contributed by atoms with van der Waals surface area (Å²) in [4.78, 5) is 2.52. The van der Waals surface area contributed by atoms with Crippen molar-refractivity contribution in [2.75, 3.05) is 13.1 Å². The lowest BCUT2D eigenvalue weighted by Crippen LogP contribution is -2.33. The predicted octanol–water partition coefficient (Wildman–Crippen LogP) is 2.20. The number of aromatic nitrogens is 2. The fourth-order valence-electron chi connectivity index (χ4n) is 3.15. The molecule has 1 aromatic heterocycles. The third kappa shape index (κ3) is 2.84. The highest BCUT2D eigenvalue weighted by atomic mass is 15.3. The van der Waals surface area contributed by atoms with Crippen molar-refractivity contribution < 1.29 is 0 Å². The van der Waals surface area contributed by atoms with E-state index in [0.29, 0.717) is 6.04 Å². The van der Waals surface area contributed by atoms with E-state index in [1.165, 1.54) is 17.7 Å². The molecular weight excluding hydrogens is 236 g/mol. The molecule has 2 atom stereocenters. The highest BCUT2D eigenvalue weighted by Crippen LogP contribution is 2.36. The quantitative estimate of drug-likeness (QED) is 0.910. The summed E-state index contributed by atoms with van der Waals surface area (Å²) in [6.45, 7) is 11.1. The Bertz CT molecular complexity index is 428. The smallest absolute Gasteiger partial charge is 0.0726 e. The van der Waals surface area contributed by atoms with Crippen LogP contribution in [0.2, 0.25) is 0 Å². The minimum atomic E-state index is 0.0663. The number of hydrogen-bond acceptors (Lipinski definition) is 3. The van der Waals surface area contributed by atoms with Crippen LogP contribution in [-0.2, 0) is 12.5 Å². The fraction of sp³-hybridized carbons (Fsp3) is 0.800. The SMILES string of the molecule is CCCN1CCC(N)C1c1cn(C)nc1C(C)(C)C. The third-order valence-corrected chi connectivity index (χ3v) is 3.95. The van der Waals surface area contributed by atoms with Crippen molar-refractivity contribution in [3.05, 3.63) is 17.5 Å². The van der Waals surface area contributed by atoms with Crippen LogP contribution >= 0.6 is 0 Å². The minimum Gasteiger partial charge on any atom is -0.326 e. The lowest BCUT2D eigenvalue weighted by atomic mass is 9.86. The number of rotatable bonds is 3. The van der Waals surface area contributed by atoms with Gasteiger partial charge in [0.25, 0.3) is 0 Å². The van der Waals surface area contributed by atoms with Gasteiger partial charge in [-0.15, -0.1) is 0 Å². The van der Waals surface area contributed by atoms with E-state index in [1.54, 1.807) is 0 Å². The molecule has 19 heavy (non-hydrogen) atoms. The Morgan fingerprint density at radius 3 is 2.68 bits per heavy atom. The first-order valence-corrected chi connectivity index (χ1v) is 7.38. The van der Waals surface area contributed by atoms with Crippen molar-refractivity contribution in [1.82, 2.24) is 14.7 Å². The first-order valence-electron chi connectivity index (χ1n) is 7.38. The molecule has 4 heteroatoms. The molecule has 0 aromatic carbocycles. The van der Waals surface area contributed by atoms with Gasteiger partial charge in [0, 0.05) is 36.8 Å². The number of aryl methyl sites for hydroxylation is 1. The van der Waals surface area contributed by atoms with Gasteiger partial charge >= 0.3 is 0 Å². The second-order valence-electron chi connectivity index (χ2n) is 6.79. The van der Waals surface area contributed by atoms with Gasteiger partial charge in [-0.1, -0.05) is 27.7 Å². The number of nitrogens with two attached hydrogens (primary N) is 1. The number of hydrogen-bond donors (Lipinski definition) is 1. The predicted molar refractivity (Wildman–Crippen MR) is 79.1 cm³/mol. The van der Waals surface area contributed by atoms with Crippen molar-refractivity contribution in [2.24, 2.45) is 12.8 Å². The Labute approximate surface area is 117 Å². The van der Waals surface area contributed by atoms with Crippen LogP contribution in [0, 0.1) is 0 Å². The molecule has 1 aromatic rings. The molecule has 108 valence electrons. The van der Waals surface area contributed by atoms with Crippen molar-refractivity contribution in [3.8, 4) is 0 Å². The van der Waals surface area contributed by atoms with Crippen LogP contribution in [0.4, 0.5) is 0 Å². The van der Waals surface area contributed by atoms with Crippen molar-refractivity contribution in [1.29, 1.82) is 0 Å². The average Bonchev–Trinajstić information content (AvgIpc) is 2.82. The Morgan fingerprint density at radius 1 is 1.42 bits per heavy atom. The molecule has 0 saturated carbocycles. The molecule has 1 fully saturated rings. The maximum absolute atomic E-state index is 6.37. The van der Waals surface area contributed by atoms with Crippen LogP contribution in [0.15, 0.2) is 6.20 Å². The zero-order valence-corrected chi connectivity index (χ0v) is 13.0. The second-order valence-corrected chi connectivity index (χ2v) is 6.79. The molecular formula is C15H28N4. The lowest BCUT2D eigenvalue weighted by molar-refractivity contribution is 0.245. The van der Waals surface area contributed by atoms with E-state index in [1.807, 2.05) is 11.7 Å². The molecule has 0 spiro atoms. The molecule has 0 amide bonds.